The van der Waals surface area contributed by atoms with E-state index < -0.39 is 67.7 Å². The molecule has 0 fully saturated rings. The maximum atomic E-state index is 12.8. The minimum absolute atomic E-state index is 0.0399. The summed E-state index contributed by atoms with van der Waals surface area (Å²) >= 11 is 0. The Bertz CT molecular complexity index is 4430. The Kier molecular flexibility index (Phi) is 15.7. The first kappa shape index (κ1) is 56.6. The molecule has 0 spiro atoms. The van der Waals surface area contributed by atoms with Crippen LogP contribution < -0.4 is 14.2 Å². The van der Waals surface area contributed by atoms with Crippen molar-refractivity contribution in [1.29, 1.82) is 0 Å². The molecule has 1 atom stereocenters. The van der Waals surface area contributed by atoms with Gasteiger partial charge in [-0.05, 0) is 116 Å². The molecule has 1 heterocycles. The molecule has 1 aliphatic rings. The predicted octanol–water partition coefficient (Wildman–Crippen LogP) is 11.6. The number of aryl methyl sites for hydroxylation is 2. The number of ether oxygens (including phenoxy) is 3. The van der Waals surface area contributed by atoms with E-state index in [-0.39, 0.29) is 86.3 Å². The summed E-state index contributed by atoms with van der Waals surface area (Å²) in [6, 6.07) is 24.8. The SMILES string of the molecule is CCCOc1cccc2c(S(=O)(=O)O)c(N=Nc3cc(OCCCS(=O)(=O)O)c(N=Nc4cc(OC)c(N=Nc5ccc6cc(-n7nc8ccc9c(c8n7)C=C(S(=O)(=O)O)CC9S(=O)(=O)O)ccc6c5O)cc4C)cc3C)ccc12. The largest absolute Gasteiger partial charge is 0.505 e. The summed E-state index contributed by atoms with van der Waals surface area (Å²) in [5.41, 5.74) is 2.72. The molecule has 1 aliphatic carbocycles. The highest BCUT2D eigenvalue weighted by Gasteiger charge is 2.36. The summed E-state index contributed by atoms with van der Waals surface area (Å²) in [5, 5.41) is 46.2. The van der Waals surface area contributed by atoms with Crippen molar-refractivity contribution in [3.8, 4) is 28.7 Å². The van der Waals surface area contributed by atoms with Crippen molar-refractivity contribution >= 4 is 113 Å². The first-order valence-corrected chi connectivity index (χ1v) is 29.9. The molecule has 0 saturated carbocycles. The zero-order valence-electron chi connectivity index (χ0n) is 42.5. The fraction of sp³-hybridized carbons (Fsp3) is 0.216. The van der Waals surface area contributed by atoms with E-state index in [1.54, 1.807) is 74.5 Å². The number of nitrogens with zero attached hydrogens (tertiary/aromatic N) is 9. The summed E-state index contributed by atoms with van der Waals surface area (Å²) < 4.78 is 154. The summed E-state index contributed by atoms with van der Waals surface area (Å²) in [5.74, 6) is -0.123. The van der Waals surface area contributed by atoms with Gasteiger partial charge in [-0.15, -0.1) is 30.7 Å². The second kappa shape index (κ2) is 22.2. The highest BCUT2D eigenvalue weighted by atomic mass is 32.2. The molecule has 416 valence electrons. The van der Waals surface area contributed by atoms with Crippen LogP contribution in [0, 0.1) is 13.8 Å². The van der Waals surface area contributed by atoms with Gasteiger partial charge < -0.3 is 19.3 Å². The van der Waals surface area contributed by atoms with Crippen LogP contribution in [-0.2, 0) is 40.5 Å². The van der Waals surface area contributed by atoms with Gasteiger partial charge in [0.2, 0.25) is 0 Å². The second-order valence-corrected chi connectivity index (χ2v) is 24.2. The number of hydrogen-bond acceptors (Lipinski definition) is 20. The monoisotopic (exact) mass is 1170 g/mol. The summed E-state index contributed by atoms with van der Waals surface area (Å²) in [4.78, 5) is 0.116. The topological polar surface area (TPSA) is 370 Å². The van der Waals surface area contributed by atoms with Crippen molar-refractivity contribution in [2.45, 2.75) is 50.2 Å². The molecule has 0 saturated heterocycles. The average Bonchev–Trinajstić information content (AvgIpc) is 3.86. The zero-order valence-corrected chi connectivity index (χ0v) is 45.8. The molecule has 0 radical (unpaired) electrons. The molecule has 0 aliphatic heterocycles. The fourth-order valence-corrected chi connectivity index (χ4v) is 11.7. The lowest BCUT2D eigenvalue weighted by atomic mass is 9.95. The van der Waals surface area contributed by atoms with E-state index in [1.807, 2.05) is 6.92 Å². The summed E-state index contributed by atoms with van der Waals surface area (Å²) in [7, 11) is -17.4. The molecular weight excluding hydrogens is 1120 g/mol. The van der Waals surface area contributed by atoms with Crippen LogP contribution in [0.5, 0.6) is 23.0 Å². The minimum atomic E-state index is -4.84. The van der Waals surface area contributed by atoms with Gasteiger partial charge in [0, 0.05) is 40.3 Å². The van der Waals surface area contributed by atoms with Crippen LogP contribution in [0.4, 0.5) is 34.1 Å². The lowest BCUT2D eigenvalue weighted by Gasteiger charge is -2.22. The van der Waals surface area contributed by atoms with Crippen molar-refractivity contribution in [2.24, 2.45) is 30.7 Å². The van der Waals surface area contributed by atoms with E-state index in [1.165, 1.54) is 48.3 Å². The predicted molar refractivity (Wildman–Crippen MR) is 294 cm³/mol. The van der Waals surface area contributed by atoms with Gasteiger partial charge in [-0.2, -0.15) is 48.7 Å². The Morgan fingerprint density at radius 1 is 0.625 bits per heavy atom. The lowest BCUT2D eigenvalue weighted by molar-refractivity contribution is 0.317. The van der Waals surface area contributed by atoms with Crippen LogP contribution in [0.3, 0.4) is 0 Å². The number of azo groups is 3. The van der Waals surface area contributed by atoms with Crippen molar-refractivity contribution in [2.75, 3.05) is 26.1 Å². The minimum Gasteiger partial charge on any atom is -0.505 e. The highest BCUT2D eigenvalue weighted by molar-refractivity contribution is 7.90. The Balaban J connectivity index is 0.979. The number of hydrogen-bond donors (Lipinski definition) is 5. The Morgan fingerprint density at radius 2 is 1.25 bits per heavy atom. The number of methoxy groups -OCH3 is 1. The van der Waals surface area contributed by atoms with E-state index in [0.717, 1.165) is 6.08 Å². The van der Waals surface area contributed by atoms with E-state index in [0.29, 0.717) is 57.4 Å². The number of fused-ring (bicyclic) bond motifs is 5. The molecule has 5 N–H and O–H groups in total. The van der Waals surface area contributed by atoms with Gasteiger partial charge >= 0.3 is 0 Å². The van der Waals surface area contributed by atoms with Crippen LogP contribution in [0.15, 0.2) is 138 Å². The Labute approximate surface area is 457 Å². The lowest BCUT2D eigenvalue weighted by Crippen LogP contribution is -2.20. The number of aromatic nitrogens is 3. The molecule has 29 heteroatoms. The van der Waals surface area contributed by atoms with Gasteiger partial charge in [-0.3, -0.25) is 18.2 Å². The van der Waals surface area contributed by atoms with Crippen molar-refractivity contribution in [3.05, 3.63) is 124 Å². The van der Waals surface area contributed by atoms with Gasteiger partial charge in [0.1, 0.15) is 61.2 Å². The van der Waals surface area contributed by atoms with Gasteiger partial charge in [0.05, 0.1) is 48.0 Å². The third-order valence-electron chi connectivity index (χ3n) is 12.6. The number of phenols is 1. The van der Waals surface area contributed by atoms with Gasteiger partial charge in [0.25, 0.3) is 40.5 Å². The molecular formula is C51H47N9O16S4. The van der Waals surface area contributed by atoms with E-state index in [2.05, 4.69) is 40.9 Å². The first-order chi connectivity index (χ1) is 37.8. The molecule has 1 aromatic heterocycles. The Morgan fingerprint density at radius 3 is 1.90 bits per heavy atom. The molecule has 9 rings (SSSR count). The normalized spacial score (nSPS) is 14.4. The standard InChI is InChI=1S/C51H47N9O16S4/c1-5-18-75-45-9-6-8-36-34(45)13-17-40(51(36)80(71,72)73)53-54-42-27-47(76-19-7-20-77(62,63)64)44(22-29(42)3)57-55-41-26-46(74-4)43(21-28(41)2)56-52-39-15-10-30-23-31(11-12-33(30)50(39)61)60-58-38-16-14-35-37(49(38)59-60)24-32(78(65,66)67)25-48(35)79(68,69)70/h6,8-17,21-24,26-27,48,61H,5,7,18-20,25H2,1-4H3,(H,62,63,64)(H,65,66,67)(H,68,69,70)(H,71,72,73). The summed E-state index contributed by atoms with van der Waals surface area (Å²) in [6.07, 6.45) is 1.01. The van der Waals surface area contributed by atoms with Gasteiger partial charge in [-0.1, -0.05) is 31.2 Å². The van der Waals surface area contributed by atoms with Crippen LogP contribution in [0.2, 0.25) is 0 Å². The van der Waals surface area contributed by atoms with E-state index in [4.69, 9.17) is 14.2 Å². The van der Waals surface area contributed by atoms with Gasteiger partial charge in [0.15, 0.2) is 5.75 Å². The van der Waals surface area contributed by atoms with Crippen LogP contribution in [-0.4, -0.2) is 98.1 Å². The third-order valence-corrected chi connectivity index (χ3v) is 16.4. The maximum absolute atomic E-state index is 12.8. The molecule has 8 aromatic rings. The number of phenolic OH excluding ortho intramolecular Hbond substituents is 1. The highest BCUT2D eigenvalue weighted by Crippen LogP contribution is 2.44. The van der Waals surface area contributed by atoms with E-state index >= 15 is 0 Å². The molecule has 0 amide bonds. The van der Waals surface area contributed by atoms with Crippen molar-refractivity contribution < 1.29 is 71.2 Å². The van der Waals surface area contributed by atoms with Gasteiger partial charge in [-0.25, -0.2) is 0 Å². The Hall–Kier alpha value is -8.16. The smallest absolute Gasteiger partial charge is 0.297 e. The number of benzene rings is 7. The number of allylic oxidation sites excluding steroid dienone is 1. The zero-order chi connectivity index (χ0) is 57.5. The van der Waals surface area contributed by atoms with Crippen LogP contribution in [0.25, 0.3) is 44.3 Å². The van der Waals surface area contributed by atoms with Crippen molar-refractivity contribution in [1.82, 2.24) is 15.0 Å². The molecule has 1 unspecified atom stereocenters. The summed E-state index contributed by atoms with van der Waals surface area (Å²) in [6.45, 7) is 5.50. The average molecular weight is 1170 g/mol. The number of rotatable bonds is 19. The van der Waals surface area contributed by atoms with Crippen molar-refractivity contribution in [3.63, 3.8) is 0 Å². The van der Waals surface area contributed by atoms with Crippen LogP contribution >= 0.6 is 0 Å². The second-order valence-electron chi connectivity index (χ2n) is 18.2. The molecule has 80 heavy (non-hydrogen) atoms. The fourth-order valence-electron chi connectivity index (χ4n) is 8.72. The van der Waals surface area contributed by atoms with E-state index in [9.17, 15) is 57.0 Å². The van der Waals surface area contributed by atoms with Crippen LogP contribution in [0.1, 0.15) is 53.7 Å². The molecule has 25 nitrogen and oxygen atoms in total. The molecule has 7 aromatic carbocycles. The first-order valence-electron chi connectivity index (χ1n) is 23.9. The molecule has 0 bridgehead atoms. The quantitative estimate of drug-likeness (QED) is 0.0285. The maximum Gasteiger partial charge on any atom is 0.297 e. The number of aromatic hydroxyl groups is 1. The third kappa shape index (κ3) is 12.2.